The zero-order valence-electron chi connectivity index (χ0n) is 11.4. The zero-order chi connectivity index (χ0) is 13.1. The summed E-state index contributed by atoms with van der Waals surface area (Å²) < 4.78 is 0. The maximum absolute atomic E-state index is 12.1. The Labute approximate surface area is 109 Å². The average Bonchev–Trinajstić information content (AvgIpc) is 2.78. The van der Waals surface area contributed by atoms with E-state index in [-0.39, 0.29) is 11.8 Å². The Morgan fingerprint density at radius 2 is 1.72 bits per heavy atom. The molecule has 0 aromatic rings. The van der Waals surface area contributed by atoms with Crippen LogP contribution in [0.1, 0.15) is 19.8 Å². The van der Waals surface area contributed by atoms with Crippen LogP contribution in [0.2, 0.25) is 0 Å². The van der Waals surface area contributed by atoms with Crippen molar-refractivity contribution in [3.63, 3.8) is 0 Å². The van der Waals surface area contributed by atoms with Crippen molar-refractivity contribution in [1.82, 2.24) is 14.7 Å². The molecular weight excluding hydrogens is 230 g/mol. The molecule has 5 heteroatoms. The van der Waals surface area contributed by atoms with E-state index in [0.717, 1.165) is 45.7 Å². The fraction of sp³-hybridized carbons (Fsp3) is 0.846. The number of hydrogen-bond acceptors (Lipinski definition) is 3. The molecule has 102 valence electrons. The molecule has 2 rings (SSSR count). The minimum atomic E-state index is 0.129. The Bertz CT molecular complexity index is 324. The first-order valence-electron chi connectivity index (χ1n) is 6.78. The zero-order valence-corrected chi connectivity index (χ0v) is 11.4. The maximum atomic E-state index is 12.1. The summed E-state index contributed by atoms with van der Waals surface area (Å²) in [6, 6.07) is 0. The van der Waals surface area contributed by atoms with Crippen molar-refractivity contribution in [2.45, 2.75) is 19.8 Å². The molecule has 0 saturated carbocycles. The summed E-state index contributed by atoms with van der Waals surface area (Å²) in [5.41, 5.74) is 0. The van der Waals surface area contributed by atoms with Crippen LogP contribution in [0, 0.1) is 5.92 Å². The lowest BCUT2D eigenvalue weighted by atomic mass is 10.0. The lowest BCUT2D eigenvalue weighted by molar-refractivity contribution is -0.134. The van der Waals surface area contributed by atoms with Crippen LogP contribution in [0.25, 0.3) is 0 Å². The molecule has 2 aliphatic heterocycles. The summed E-state index contributed by atoms with van der Waals surface area (Å²) in [5.74, 6) is 0.754. The molecule has 0 bridgehead atoms. The quantitative estimate of drug-likeness (QED) is 0.697. The summed E-state index contributed by atoms with van der Waals surface area (Å²) in [7, 11) is 2.09. The third-order valence-corrected chi connectivity index (χ3v) is 4.05. The van der Waals surface area contributed by atoms with Crippen molar-refractivity contribution < 1.29 is 9.59 Å². The van der Waals surface area contributed by atoms with Gasteiger partial charge in [-0.15, -0.1) is 0 Å². The van der Waals surface area contributed by atoms with Gasteiger partial charge >= 0.3 is 0 Å². The molecule has 2 aliphatic rings. The Balaban J connectivity index is 1.76. The SMILES string of the molecule is CC(=O)N1CCC(CC(=O)N2CCN(C)CC2)C1. The molecule has 0 spiro atoms. The van der Waals surface area contributed by atoms with Gasteiger partial charge in [-0.3, -0.25) is 9.59 Å². The normalized spacial score (nSPS) is 25.6. The Hall–Kier alpha value is -1.10. The lowest BCUT2D eigenvalue weighted by Gasteiger charge is -2.33. The monoisotopic (exact) mass is 253 g/mol. The molecule has 1 unspecified atom stereocenters. The topological polar surface area (TPSA) is 43.9 Å². The minimum absolute atomic E-state index is 0.129. The molecule has 18 heavy (non-hydrogen) atoms. The van der Waals surface area contributed by atoms with Gasteiger partial charge in [-0.25, -0.2) is 0 Å². The highest BCUT2D eigenvalue weighted by Crippen LogP contribution is 2.20. The number of likely N-dealkylation sites (N-methyl/N-ethyl adjacent to an activating group) is 1. The first-order valence-corrected chi connectivity index (χ1v) is 6.78. The molecular formula is C13H23N3O2. The van der Waals surface area contributed by atoms with Crippen molar-refractivity contribution in [3.05, 3.63) is 0 Å². The second kappa shape index (κ2) is 5.69. The van der Waals surface area contributed by atoms with Crippen molar-refractivity contribution in [2.24, 2.45) is 5.92 Å². The van der Waals surface area contributed by atoms with E-state index in [1.165, 1.54) is 0 Å². The first kappa shape index (κ1) is 13.3. The van der Waals surface area contributed by atoms with Gasteiger partial charge < -0.3 is 14.7 Å². The van der Waals surface area contributed by atoms with Crippen LogP contribution in [-0.4, -0.2) is 72.8 Å². The van der Waals surface area contributed by atoms with Crippen LogP contribution in [-0.2, 0) is 9.59 Å². The molecule has 0 aromatic carbocycles. The van der Waals surface area contributed by atoms with E-state index < -0.39 is 0 Å². The third kappa shape index (κ3) is 3.22. The molecule has 2 fully saturated rings. The number of amides is 2. The number of hydrogen-bond donors (Lipinski definition) is 0. The van der Waals surface area contributed by atoms with Crippen LogP contribution in [0.15, 0.2) is 0 Å². The summed E-state index contributed by atoms with van der Waals surface area (Å²) in [6.07, 6.45) is 1.58. The van der Waals surface area contributed by atoms with E-state index in [1.807, 2.05) is 9.80 Å². The van der Waals surface area contributed by atoms with Crippen LogP contribution in [0.3, 0.4) is 0 Å². The van der Waals surface area contributed by atoms with Gasteiger partial charge in [0.05, 0.1) is 0 Å². The maximum Gasteiger partial charge on any atom is 0.223 e. The number of rotatable bonds is 2. The lowest BCUT2D eigenvalue weighted by Crippen LogP contribution is -2.47. The predicted molar refractivity (Wildman–Crippen MR) is 69.1 cm³/mol. The smallest absolute Gasteiger partial charge is 0.223 e. The van der Waals surface area contributed by atoms with E-state index in [0.29, 0.717) is 12.3 Å². The molecule has 0 N–H and O–H groups in total. The Morgan fingerprint density at radius 3 is 2.28 bits per heavy atom. The molecule has 0 aromatic heterocycles. The number of likely N-dealkylation sites (tertiary alicyclic amines) is 1. The molecule has 2 saturated heterocycles. The van der Waals surface area contributed by atoms with Gasteiger partial charge in [-0.1, -0.05) is 0 Å². The number of nitrogens with zero attached hydrogens (tertiary/aromatic N) is 3. The predicted octanol–water partition coefficient (Wildman–Crippen LogP) is 0.0189. The summed E-state index contributed by atoms with van der Waals surface area (Å²) >= 11 is 0. The van der Waals surface area contributed by atoms with E-state index >= 15 is 0 Å². The molecule has 5 nitrogen and oxygen atoms in total. The van der Waals surface area contributed by atoms with Gasteiger partial charge in [0.1, 0.15) is 0 Å². The van der Waals surface area contributed by atoms with Crippen LogP contribution in [0.5, 0.6) is 0 Å². The molecule has 2 heterocycles. The van der Waals surface area contributed by atoms with E-state index in [1.54, 1.807) is 6.92 Å². The molecule has 0 radical (unpaired) electrons. The Morgan fingerprint density at radius 1 is 1.06 bits per heavy atom. The number of carbonyl (C=O) groups is 2. The largest absolute Gasteiger partial charge is 0.343 e. The Kier molecular flexibility index (Phi) is 4.22. The fourth-order valence-electron chi connectivity index (χ4n) is 2.72. The fourth-order valence-corrected chi connectivity index (χ4v) is 2.72. The van der Waals surface area contributed by atoms with Gasteiger partial charge in [0.25, 0.3) is 0 Å². The first-order chi connectivity index (χ1) is 8.56. The third-order valence-electron chi connectivity index (χ3n) is 4.05. The summed E-state index contributed by atoms with van der Waals surface area (Å²) in [4.78, 5) is 29.4. The van der Waals surface area contributed by atoms with Gasteiger partial charge in [0.15, 0.2) is 0 Å². The van der Waals surface area contributed by atoms with E-state index in [4.69, 9.17) is 0 Å². The van der Waals surface area contributed by atoms with Gasteiger partial charge in [-0.05, 0) is 19.4 Å². The highest BCUT2D eigenvalue weighted by Gasteiger charge is 2.28. The summed E-state index contributed by atoms with van der Waals surface area (Å²) in [5, 5.41) is 0. The van der Waals surface area contributed by atoms with Crippen molar-refractivity contribution >= 4 is 11.8 Å². The van der Waals surface area contributed by atoms with E-state index in [9.17, 15) is 9.59 Å². The van der Waals surface area contributed by atoms with Gasteiger partial charge in [-0.2, -0.15) is 0 Å². The second-order valence-electron chi connectivity index (χ2n) is 5.51. The van der Waals surface area contributed by atoms with Crippen molar-refractivity contribution in [1.29, 1.82) is 0 Å². The molecule has 2 amide bonds. The van der Waals surface area contributed by atoms with Crippen molar-refractivity contribution in [3.8, 4) is 0 Å². The van der Waals surface area contributed by atoms with Gasteiger partial charge in [0, 0.05) is 52.6 Å². The minimum Gasteiger partial charge on any atom is -0.343 e. The number of piperazine rings is 1. The van der Waals surface area contributed by atoms with Crippen LogP contribution >= 0.6 is 0 Å². The molecule has 0 aliphatic carbocycles. The van der Waals surface area contributed by atoms with Crippen LogP contribution < -0.4 is 0 Å². The van der Waals surface area contributed by atoms with Crippen molar-refractivity contribution in [2.75, 3.05) is 46.3 Å². The highest BCUT2D eigenvalue weighted by atomic mass is 16.2. The number of carbonyl (C=O) groups excluding carboxylic acids is 2. The second-order valence-corrected chi connectivity index (χ2v) is 5.51. The standard InChI is InChI=1S/C13H23N3O2/c1-11(17)16-4-3-12(10-16)9-13(18)15-7-5-14(2)6-8-15/h12H,3-10H2,1-2H3. The van der Waals surface area contributed by atoms with Gasteiger partial charge in [0.2, 0.25) is 11.8 Å². The van der Waals surface area contributed by atoms with E-state index in [2.05, 4.69) is 11.9 Å². The average molecular weight is 253 g/mol. The van der Waals surface area contributed by atoms with Crippen LogP contribution in [0.4, 0.5) is 0 Å². The highest BCUT2D eigenvalue weighted by molar-refractivity contribution is 5.77. The summed E-state index contributed by atoms with van der Waals surface area (Å²) in [6.45, 7) is 6.80. The molecule has 1 atom stereocenters.